The van der Waals surface area contributed by atoms with Crippen molar-refractivity contribution in [3.63, 3.8) is 0 Å². The van der Waals surface area contributed by atoms with Gasteiger partial charge in [0.25, 0.3) is 0 Å². The van der Waals surface area contributed by atoms with Gasteiger partial charge in [0.05, 0.1) is 0 Å². The third-order valence-electron chi connectivity index (χ3n) is 11.7. The van der Waals surface area contributed by atoms with Crippen LogP contribution in [0.5, 0.6) is 0 Å². The summed E-state index contributed by atoms with van der Waals surface area (Å²) in [6.45, 7) is 9.65. The maximum Gasteiger partial charge on any atom is 0.0465 e. The number of hydrogen-bond acceptors (Lipinski definition) is 1. The molecule has 0 aliphatic heterocycles. The molecule has 7 aromatic carbocycles. The van der Waals surface area contributed by atoms with Gasteiger partial charge in [0.2, 0.25) is 0 Å². The first-order chi connectivity index (χ1) is 24.8. The van der Waals surface area contributed by atoms with E-state index in [-0.39, 0.29) is 16.7 Å². The molecular weight excluding hydrogens is 615 g/mol. The van der Waals surface area contributed by atoms with Crippen LogP contribution in [-0.4, -0.2) is 0 Å². The van der Waals surface area contributed by atoms with Crippen LogP contribution >= 0.6 is 0 Å². The molecule has 1 heteroatoms. The first kappa shape index (κ1) is 31.3. The Kier molecular flexibility index (Phi) is 7.37. The van der Waals surface area contributed by atoms with Gasteiger partial charge in [0.15, 0.2) is 0 Å². The first-order valence-corrected chi connectivity index (χ1v) is 18.3. The maximum absolute atomic E-state index is 2.53. The monoisotopic (exact) mass is 657 g/mol. The third-order valence-corrected chi connectivity index (χ3v) is 11.7. The summed E-state index contributed by atoms with van der Waals surface area (Å²) in [7, 11) is 0. The summed E-state index contributed by atoms with van der Waals surface area (Å²) in [5.74, 6) is 0.287. The maximum atomic E-state index is 2.53. The Bertz CT molecular complexity index is 2330. The Morgan fingerprint density at radius 2 is 0.843 bits per heavy atom. The minimum atomic E-state index is -0.143. The van der Waals surface area contributed by atoms with Gasteiger partial charge in [-0.2, -0.15) is 0 Å². The van der Waals surface area contributed by atoms with E-state index in [1.807, 2.05) is 0 Å². The molecule has 0 amide bonds. The fourth-order valence-electron chi connectivity index (χ4n) is 8.89. The summed E-state index contributed by atoms with van der Waals surface area (Å²) in [5.41, 5.74) is 18.5. The Balaban J connectivity index is 1.13. The Hall–Kier alpha value is -5.66. The minimum Gasteiger partial charge on any atom is -0.310 e. The fourth-order valence-corrected chi connectivity index (χ4v) is 8.89. The second-order valence-corrected chi connectivity index (χ2v) is 15.4. The molecule has 0 bridgehead atoms. The van der Waals surface area contributed by atoms with Crippen LogP contribution in [0, 0.1) is 0 Å². The molecule has 0 saturated heterocycles. The number of nitrogens with zero attached hydrogens (tertiary/aromatic N) is 1. The van der Waals surface area contributed by atoms with Crippen LogP contribution in [0.25, 0.3) is 22.3 Å². The average molecular weight is 658 g/mol. The molecule has 0 radical (unpaired) electrons. The first-order valence-electron chi connectivity index (χ1n) is 18.3. The molecule has 2 aliphatic carbocycles. The largest absolute Gasteiger partial charge is 0.310 e. The fraction of sp³-hybridized carbons (Fsp3) is 0.160. The summed E-state index contributed by atoms with van der Waals surface area (Å²) in [6.07, 6.45) is 0.976. The Labute approximate surface area is 302 Å². The van der Waals surface area contributed by atoms with Crippen LogP contribution in [0.4, 0.5) is 17.1 Å². The summed E-state index contributed by atoms with van der Waals surface area (Å²) in [4.78, 5) is 2.37. The number of anilines is 3. The van der Waals surface area contributed by atoms with Crippen molar-refractivity contribution in [2.24, 2.45) is 0 Å². The lowest BCUT2D eigenvalue weighted by molar-refractivity contribution is 0.650. The molecule has 7 aromatic rings. The molecule has 0 N–H and O–H groups in total. The van der Waals surface area contributed by atoms with E-state index in [9.17, 15) is 0 Å². The van der Waals surface area contributed by atoms with Crippen molar-refractivity contribution in [2.45, 2.75) is 50.9 Å². The van der Waals surface area contributed by atoms with Crippen molar-refractivity contribution in [1.82, 2.24) is 0 Å². The van der Waals surface area contributed by atoms with Crippen LogP contribution in [-0.2, 0) is 17.3 Å². The van der Waals surface area contributed by atoms with Crippen molar-refractivity contribution >= 4 is 17.1 Å². The van der Waals surface area contributed by atoms with E-state index < -0.39 is 0 Å². The number of hydrogen-bond donors (Lipinski definition) is 0. The van der Waals surface area contributed by atoms with E-state index in [2.05, 4.69) is 202 Å². The molecule has 1 atom stereocenters. The van der Waals surface area contributed by atoms with Crippen molar-refractivity contribution in [1.29, 1.82) is 0 Å². The molecule has 248 valence electrons. The topological polar surface area (TPSA) is 3.24 Å². The Morgan fingerprint density at radius 3 is 1.39 bits per heavy atom. The number of fused-ring (bicyclic) bond motifs is 6. The molecule has 0 heterocycles. The van der Waals surface area contributed by atoms with Crippen molar-refractivity contribution in [3.05, 3.63) is 209 Å². The standard InChI is InChI=1S/C50H43N/c1-49(2)45-30-36(42(35-19-11-6-12-20-35)29-34-17-9-5-10-18-34)25-27-40(45)43-32-48-44(33-47(43)49)41-28-26-39(31-46(41)50(48,3)4)51(37-21-13-7-14-22-37)38-23-15-8-16-24-38/h5-28,30-33,42H,29H2,1-4H3. The average Bonchev–Trinajstić information content (AvgIpc) is 3.53. The lowest BCUT2D eigenvalue weighted by Gasteiger charge is -2.28. The predicted octanol–water partition coefficient (Wildman–Crippen LogP) is 13.1. The molecule has 1 nitrogen and oxygen atoms in total. The molecule has 2 aliphatic rings. The van der Waals surface area contributed by atoms with E-state index in [1.165, 1.54) is 66.9 Å². The molecule has 0 aromatic heterocycles. The van der Waals surface area contributed by atoms with E-state index in [1.54, 1.807) is 0 Å². The van der Waals surface area contributed by atoms with Crippen LogP contribution in [0.15, 0.2) is 170 Å². The van der Waals surface area contributed by atoms with Gasteiger partial charge >= 0.3 is 0 Å². The van der Waals surface area contributed by atoms with Crippen molar-refractivity contribution < 1.29 is 0 Å². The van der Waals surface area contributed by atoms with Gasteiger partial charge in [0.1, 0.15) is 0 Å². The van der Waals surface area contributed by atoms with E-state index in [4.69, 9.17) is 0 Å². The van der Waals surface area contributed by atoms with Gasteiger partial charge in [-0.1, -0.05) is 149 Å². The number of para-hydroxylation sites is 2. The zero-order valence-electron chi connectivity index (χ0n) is 29.9. The molecule has 1 unspecified atom stereocenters. The zero-order valence-corrected chi connectivity index (χ0v) is 29.9. The SMILES string of the molecule is CC1(C)c2cc(C(Cc3ccccc3)c3ccccc3)ccc2-c2cc3c(cc21)-c1ccc(N(c2ccccc2)c2ccccc2)cc1C3(C)C. The smallest absolute Gasteiger partial charge is 0.0465 e. The van der Waals surface area contributed by atoms with Crippen LogP contribution in [0.1, 0.15) is 72.6 Å². The van der Waals surface area contributed by atoms with Gasteiger partial charge in [-0.25, -0.2) is 0 Å². The van der Waals surface area contributed by atoms with Gasteiger partial charge in [-0.05, 0) is 116 Å². The van der Waals surface area contributed by atoms with E-state index >= 15 is 0 Å². The molecule has 0 fully saturated rings. The molecule has 0 saturated carbocycles. The minimum absolute atomic E-state index is 0.117. The number of rotatable bonds is 7. The summed E-state index contributed by atoms with van der Waals surface area (Å²) >= 11 is 0. The third kappa shape index (κ3) is 5.14. The van der Waals surface area contributed by atoms with Gasteiger partial charge < -0.3 is 4.90 Å². The summed E-state index contributed by atoms with van der Waals surface area (Å²) in [6, 6.07) is 62.9. The highest BCUT2D eigenvalue weighted by molar-refractivity contribution is 5.91. The van der Waals surface area contributed by atoms with Gasteiger partial charge in [0, 0.05) is 33.8 Å². The van der Waals surface area contributed by atoms with Crippen LogP contribution in [0.3, 0.4) is 0 Å². The van der Waals surface area contributed by atoms with Crippen molar-refractivity contribution in [2.75, 3.05) is 4.90 Å². The quantitative estimate of drug-likeness (QED) is 0.165. The highest BCUT2D eigenvalue weighted by atomic mass is 15.1. The van der Waals surface area contributed by atoms with Gasteiger partial charge in [-0.15, -0.1) is 0 Å². The molecule has 51 heavy (non-hydrogen) atoms. The van der Waals surface area contributed by atoms with Gasteiger partial charge in [-0.3, -0.25) is 0 Å². The second-order valence-electron chi connectivity index (χ2n) is 15.4. The lowest BCUT2D eigenvalue weighted by atomic mass is 9.78. The molecule has 9 rings (SSSR count). The van der Waals surface area contributed by atoms with Crippen LogP contribution < -0.4 is 4.90 Å². The Morgan fingerprint density at radius 1 is 0.392 bits per heavy atom. The molecular formula is C50H43N. The highest BCUT2D eigenvalue weighted by Crippen LogP contribution is 2.57. The van der Waals surface area contributed by atoms with E-state index in [0.717, 1.165) is 17.8 Å². The normalized spacial score (nSPS) is 15.0. The highest BCUT2D eigenvalue weighted by Gasteiger charge is 2.42. The summed E-state index contributed by atoms with van der Waals surface area (Å²) < 4.78 is 0. The van der Waals surface area contributed by atoms with Crippen LogP contribution in [0.2, 0.25) is 0 Å². The number of benzene rings is 7. The van der Waals surface area contributed by atoms with E-state index in [0.29, 0.717) is 0 Å². The van der Waals surface area contributed by atoms with Crippen molar-refractivity contribution in [3.8, 4) is 22.3 Å². The predicted molar refractivity (Wildman–Crippen MR) is 215 cm³/mol. The zero-order chi connectivity index (χ0) is 34.7. The summed E-state index contributed by atoms with van der Waals surface area (Å²) in [5, 5.41) is 0. The molecule has 0 spiro atoms. The second kappa shape index (κ2) is 12.0. The lowest BCUT2D eigenvalue weighted by Crippen LogP contribution is -2.18.